The number of hydrogen-bond acceptors (Lipinski definition) is 3. The van der Waals surface area contributed by atoms with Gasteiger partial charge in [-0.1, -0.05) is 36.5 Å². The normalized spacial score (nSPS) is 24.5. The number of aliphatic hydroxyl groups excluding tert-OH is 1. The molecule has 4 heteroatoms. The molecule has 0 aliphatic heterocycles. The minimum atomic E-state index is -0.240. The van der Waals surface area contributed by atoms with E-state index in [1.165, 1.54) is 18.0 Å². The molecule has 3 rings (SSSR count). The SMILES string of the molecule is O=c1c2ccccc2sn1CC1CCCCC1O. The molecular weight excluding hydrogens is 246 g/mol. The van der Waals surface area contributed by atoms with Gasteiger partial charge in [-0.3, -0.25) is 8.75 Å². The van der Waals surface area contributed by atoms with E-state index >= 15 is 0 Å². The highest BCUT2D eigenvalue weighted by molar-refractivity contribution is 7.13. The predicted octanol–water partition coefficient (Wildman–Crippen LogP) is 2.61. The van der Waals surface area contributed by atoms with Gasteiger partial charge in [0.25, 0.3) is 5.56 Å². The van der Waals surface area contributed by atoms with Gasteiger partial charge in [0.05, 0.1) is 16.2 Å². The maximum atomic E-state index is 12.2. The first kappa shape index (κ1) is 11.9. The highest BCUT2D eigenvalue weighted by atomic mass is 32.1. The van der Waals surface area contributed by atoms with Crippen LogP contribution in [-0.4, -0.2) is 15.2 Å². The highest BCUT2D eigenvalue weighted by Crippen LogP contribution is 2.27. The fourth-order valence-electron chi connectivity index (χ4n) is 2.75. The molecule has 1 aliphatic carbocycles. The number of benzene rings is 1. The summed E-state index contributed by atoms with van der Waals surface area (Å²) in [4.78, 5) is 12.2. The van der Waals surface area contributed by atoms with Gasteiger partial charge >= 0.3 is 0 Å². The van der Waals surface area contributed by atoms with Crippen LogP contribution in [0.2, 0.25) is 0 Å². The largest absolute Gasteiger partial charge is 0.393 e. The van der Waals surface area contributed by atoms with Crippen molar-refractivity contribution in [2.24, 2.45) is 5.92 Å². The van der Waals surface area contributed by atoms with Crippen LogP contribution in [-0.2, 0) is 6.54 Å². The van der Waals surface area contributed by atoms with Crippen molar-refractivity contribution in [2.45, 2.75) is 38.3 Å². The van der Waals surface area contributed by atoms with E-state index in [9.17, 15) is 9.90 Å². The fourth-order valence-corrected chi connectivity index (χ4v) is 3.83. The molecule has 0 spiro atoms. The molecule has 1 fully saturated rings. The summed E-state index contributed by atoms with van der Waals surface area (Å²) in [5.74, 6) is 0.240. The summed E-state index contributed by atoms with van der Waals surface area (Å²) < 4.78 is 2.84. The third kappa shape index (κ3) is 2.10. The zero-order valence-electron chi connectivity index (χ0n) is 10.2. The van der Waals surface area contributed by atoms with E-state index in [-0.39, 0.29) is 17.6 Å². The van der Waals surface area contributed by atoms with Crippen molar-refractivity contribution < 1.29 is 5.11 Å². The van der Waals surface area contributed by atoms with Crippen molar-refractivity contribution in [3.63, 3.8) is 0 Å². The second kappa shape index (κ2) is 4.86. The van der Waals surface area contributed by atoms with E-state index in [0.717, 1.165) is 29.3 Å². The number of rotatable bonds is 2. The van der Waals surface area contributed by atoms with Crippen LogP contribution in [0.25, 0.3) is 10.1 Å². The van der Waals surface area contributed by atoms with Crippen molar-refractivity contribution in [2.75, 3.05) is 0 Å². The average molecular weight is 263 g/mol. The number of aliphatic hydroxyl groups is 1. The smallest absolute Gasteiger partial charge is 0.268 e. The average Bonchev–Trinajstić information content (AvgIpc) is 2.70. The molecule has 1 heterocycles. The summed E-state index contributed by atoms with van der Waals surface area (Å²) in [6, 6.07) is 7.71. The third-order valence-electron chi connectivity index (χ3n) is 3.82. The van der Waals surface area contributed by atoms with Crippen molar-refractivity contribution >= 4 is 21.6 Å². The molecule has 1 aromatic heterocycles. The summed E-state index contributed by atoms with van der Waals surface area (Å²) in [6.45, 7) is 0.666. The minimum Gasteiger partial charge on any atom is -0.393 e. The first-order chi connectivity index (χ1) is 8.75. The maximum Gasteiger partial charge on any atom is 0.268 e. The van der Waals surface area contributed by atoms with E-state index < -0.39 is 0 Å². The molecule has 2 unspecified atom stereocenters. The van der Waals surface area contributed by atoms with E-state index in [1.54, 1.807) is 0 Å². The number of hydrogen-bond donors (Lipinski definition) is 1. The molecule has 3 nitrogen and oxygen atoms in total. The second-order valence-corrected chi connectivity index (χ2v) is 6.13. The van der Waals surface area contributed by atoms with Crippen LogP contribution in [0.15, 0.2) is 29.1 Å². The molecule has 0 radical (unpaired) electrons. The van der Waals surface area contributed by atoms with Crippen LogP contribution < -0.4 is 5.56 Å². The standard InChI is InChI=1S/C14H17NO2S/c16-12-7-3-1-5-10(12)9-15-14(17)11-6-2-4-8-13(11)18-15/h2,4,6,8,10,12,16H,1,3,5,7,9H2. The molecule has 96 valence electrons. The lowest BCUT2D eigenvalue weighted by Gasteiger charge is -2.27. The van der Waals surface area contributed by atoms with Crippen molar-refractivity contribution in [3.8, 4) is 0 Å². The minimum absolute atomic E-state index is 0.0911. The molecular formula is C14H17NO2S. The summed E-state index contributed by atoms with van der Waals surface area (Å²) in [7, 11) is 0. The van der Waals surface area contributed by atoms with Crippen molar-refractivity contribution in [1.82, 2.24) is 3.96 Å². The maximum absolute atomic E-state index is 12.2. The van der Waals surface area contributed by atoms with Crippen molar-refractivity contribution in [3.05, 3.63) is 34.6 Å². The monoisotopic (exact) mass is 263 g/mol. The summed E-state index contributed by atoms with van der Waals surface area (Å²) in [6.07, 6.45) is 3.95. The molecule has 18 heavy (non-hydrogen) atoms. The summed E-state index contributed by atoms with van der Waals surface area (Å²) >= 11 is 1.51. The lowest BCUT2D eigenvalue weighted by Crippen LogP contribution is -2.30. The Hall–Kier alpha value is -1.13. The molecule has 1 aliphatic rings. The number of nitrogens with zero attached hydrogens (tertiary/aromatic N) is 1. The Bertz CT molecular complexity index is 601. The second-order valence-electron chi connectivity index (χ2n) is 5.07. The first-order valence-electron chi connectivity index (χ1n) is 6.52. The van der Waals surface area contributed by atoms with Crippen LogP contribution in [0.4, 0.5) is 0 Å². The predicted molar refractivity (Wildman–Crippen MR) is 74.0 cm³/mol. The first-order valence-corrected chi connectivity index (χ1v) is 7.30. The van der Waals surface area contributed by atoms with E-state index in [4.69, 9.17) is 0 Å². The van der Waals surface area contributed by atoms with E-state index in [1.807, 2.05) is 28.2 Å². The molecule has 0 bridgehead atoms. The molecule has 0 amide bonds. The lowest BCUT2D eigenvalue weighted by atomic mass is 9.87. The molecule has 1 aromatic carbocycles. The van der Waals surface area contributed by atoms with Gasteiger partial charge in [0, 0.05) is 12.5 Å². The van der Waals surface area contributed by atoms with Gasteiger partial charge in [-0.25, -0.2) is 0 Å². The van der Waals surface area contributed by atoms with Gasteiger partial charge in [0.15, 0.2) is 0 Å². The van der Waals surface area contributed by atoms with Gasteiger partial charge in [0.1, 0.15) is 0 Å². The molecule has 2 atom stereocenters. The van der Waals surface area contributed by atoms with Crippen LogP contribution >= 0.6 is 11.5 Å². The molecule has 1 saturated carbocycles. The van der Waals surface area contributed by atoms with Gasteiger partial charge < -0.3 is 5.11 Å². The Balaban J connectivity index is 1.90. The zero-order chi connectivity index (χ0) is 12.5. The zero-order valence-corrected chi connectivity index (χ0v) is 11.0. The Kier molecular flexibility index (Phi) is 3.22. The van der Waals surface area contributed by atoms with Crippen molar-refractivity contribution in [1.29, 1.82) is 0 Å². The van der Waals surface area contributed by atoms with Crippen LogP contribution in [0.1, 0.15) is 25.7 Å². The number of fused-ring (bicyclic) bond motifs is 1. The quantitative estimate of drug-likeness (QED) is 0.905. The Labute approximate surface area is 110 Å². The lowest BCUT2D eigenvalue weighted by molar-refractivity contribution is 0.0618. The molecule has 2 aromatic rings. The van der Waals surface area contributed by atoms with Crippen LogP contribution in [0.5, 0.6) is 0 Å². The Morgan fingerprint density at radius 2 is 2.06 bits per heavy atom. The topological polar surface area (TPSA) is 42.2 Å². The Morgan fingerprint density at radius 1 is 1.28 bits per heavy atom. The van der Waals surface area contributed by atoms with Gasteiger partial charge in [-0.2, -0.15) is 0 Å². The Morgan fingerprint density at radius 3 is 2.83 bits per heavy atom. The van der Waals surface area contributed by atoms with Crippen LogP contribution in [0, 0.1) is 5.92 Å². The van der Waals surface area contributed by atoms with Gasteiger partial charge in [-0.05, 0) is 25.0 Å². The summed E-state index contributed by atoms with van der Waals surface area (Å²) in [5, 5.41) is 10.8. The van der Waals surface area contributed by atoms with Crippen LogP contribution in [0.3, 0.4) is 0 Å². The molecule has 1 N–H and O–H groups in total. The highest BCUT2D eigenvalue weighted by Gasteiger charge is 2.24. The summed E-state index contributed by atoms with van der Waals surface area (Å²) in [5.41, 5.74) is 0.0911. The van der Waals surface area contributed by atoms with E-state index in [2.05, 4.69) is 0 Å². The fraction of sp³-hybridized carbons (Fsp3) is 0.500. The van der Waals surface area contributed by atoms with Gasteiger partial charge in [-0.15, -0.1) is 0 Å². The molecule has 0 saturated heterocycles. The third-order valence-corrected chi connectivity index (χ3v) is 4.91. The number of aromatic nitrogens is 1. The van der Waals surface area contributed by atoms with Gasteiger partial charge in [0.2, 0.25) is 0 Å². The van der Waals surface area contributed by atoms with E-state index in [0.29, 0.717) is 6.54 Å².